The number of fused-ring (bicyclic) bond motifs is 1. The highest BCUT2D eigenvalue weighted by atomic mass is 16.1. The van der Waals surface area contributed by atoms with Gasteiger partial charge in [-0.2, -0.15) is 0 Å². The summed E-state index contributed by atoms with van der Waals surface area (Å²) in [5.74, 6) is 0.0362. The Hall–Kier alpha value is -3.74. The van der Waals surface area contributed by atoms with Crippen LogP contribution in [0.3, 0.4) is 0 Å². The Morgan fingerprint density at radius 3 is 2.68 bits per heavy atom. The second kappa shape index (κ2) is 6.04. The lowest BCUT2D eigenvalue weighted by atomic mass is 10.2. The molecule has 7 heteroatoms. The summed E-state index contributed by atoms with van der Waals surface area (Å²) in [5.41, 5.74) is 1.63. The molecule has 0 spiro atoms. The van der Waals surface area contributed by atoms with Crippen LogP contribution < -0.4 is 10.9 Å². The van der Waals surface area contributed by atoms with Crippen molar-refractivity contribution in [2.45, 2.75) is 0 Å². The van der Waals surface area contributed by atoms with Gasteiger partial charge in [-0.1, -0.05) is 18.2 Å². The van der Waals surface area contributed by atoms with Gasteiger partial charge >= 0.3 is 0 Å². The molecular formula is C18H13N5O2. The number of aromatic nitrogens is 4. The number of carbonyl (C=O) groups is 1. The summed E-state index contributed by atoms with van der Waals surface area (Å²) in [6.45, 7) is 0. The van der Waals surface area contributed by atoms with E-state index in [0.717, 1.165) is 5.69 Å². The third kappa shape index (κ3) is 2.78. The van der Waals surface area contributed by atoms with Gasteiger partial charge in [0, 0.05) is 24.7 Å². The average Bonchev–Trinajstić information content (AvgIpc) is 2.99. The van der Waals surface area contributed by atoms with Crippen LogP contribution in [0.4, 0.5) is 5.82 Å². The summed E-state index contributed by atoms with van der Waals surface area (Å²) >= 11 is 0. The molecule has 0 saturated carbocycles. The third-order valence-corrected chi connectivity index (χ3v) is 3.76. The molecule has 1 amide bonds. The maximum Gasteiger partial charge on any atom is 0.273 e. The lowest BCUT2D eigenvalue weighted by molar-refractivity contribution is 0.102. The Labute approximate surface area is 142 Å². The molecule has 0 aliphatic carbocycles. The van der Waals surface area contributed by atoms with E-state index < -0.39 is 0 Å². The number of aromatic amines is 1. The van der Waals surface area contributed by atoms with Gasteiger partial charge < -0.3 is 5.32 Å². The van der Waals surface area contributed by atoms with Crippen LogP contribution in [-0.4, -0.2) is 25.7 Å². The molecular weight excluding hydrogens is 318 g/mol. The van der Waals surface area contributed by atoms with Crippen LogP contribution in [0.25, 0.3) is 16.6 Å². The zero-order valence-electron chi connectivity index (χ0n) is 13.0. The number of hydrogen-bond donors (Lipinski definition) is 2. The first-order chi connectivity index (χ1) is 12.2. The van der Waals surface area contributed by atoms with Gasteiger partial charge in [0.1, 0.15) is 5.82 Å². The normalized spacial score (nSPS) is 10.7. The fraction of sp³-hybridized carbons (Fsp3) is 0. The summed E-state index contributed by atoms with van der Waals surface area (Å²) in [6, 6.07) is 14.4. The van der Waals surface area contributed by atoms with Crippen molar-refractivity contribution in [3.8, 4) is 5.69 Å². The highest BCUT2D eigenvalue weighted by molar-refractivity contribution is 6.04. The van der Waals surface area contributed by atoms with E-state index in [0.29, 0.717) is 22.3 Å². The van der Waals surface area contributed by atoms with Gasteiger partial charge in [0.05, 0.1) is 22.2 Å². The Kier molecular flexibility index (Phi) is 3.59. The number of hydrogen-bond acceptors (Lipinski definition) is 4. The first-order valence-electron chi connectivity index (χ1n) is 7.60. The van der Waals surface area contributed by atoms with Crippen molar-refractivity contribution in [3.63, 3.8) is 0 Å². The number of carbonyl (C=O) groups excluding carboxylic acids is 1. The fourth-order valence-corrected chi connectivity index (χ4v) is 2.56. The number of H-pyrrole nitrogens is 1. The molecule has 0 bridgehead atoms. The average molecular weight is 331 g/mol. The van der Waals surface area contributed by atoms with Crippen molar-refractivity contribution >= 4 is 22.6 Å². The van der Waals surface area contributed by atoms with Crippen molar-refractivity contribution in [1.29, 1.82) is 0 Å². The molecule has 25 heavy (non-hydrogen) atoms. The van der Waals surface area contributed by atoms with Crippen LogP contribution in [0.1, 0.15) is 10.4 Å². The standard InChI is InChI=1S/C18H13N5O2/c24-17(12-5-4-8-19-10-12)21-16-9-15-14(11-20-16)18(25)22-23(15)13-6-2-1-3-7-13/h1-11H,(H,22,25)(H,20,21,24). The van der Waals surface area contributed by atoms with Gasteiger partial charge in [-0.25, -0.2) is 4.98 Å². The molecule has 0 atom stereocenters. The van der Waals surface area contributed by atoms with Gasteiger partial charge in [-0.05, 0) is 24.3 Å². The number of nitrogens with one attached hydrogen (secondary N) is 2. The van der Waals surface area contributed by atoms with Crippen LogP contribution in [0.15, 0.2) is 71.9 Å². The second-order valence-electron chi connectivity index (χ2n) is 5.39. The van der Waals surface area contributed by atoms with Crippen molar-refractivity contribution in [2.24, 2.45) is 0 Å². The lowest BCUT2D eigenvalue weighted by Gasteiger charge is -2.06. The van der Waals surface area contributed by atoms with Crippen LogP contribution in [0, 0.1) is 0 Å². The van der Waals surface area contributed by atoms with E-state index in [1.807, 2.05) is 30.3 Å². The molecule has 0 unspecified atom stereocenters. The summed E-state index contributed by atoms with van der Waals surface area (Å²) in [6.07, 6.45) is 4.52. The SMILES string of the molecule is O=C(Nc1cc2c(cn1)c(=O)[nH]n2-c1ccccc1)c1cccnc1. The number of pyridine rings is 2. The molecule has 0 saturated heterocycles. The van der Waals surface area contributed by atoms with E-state index in [9.17, 15) is 9.59 Å². The minimum atomic E-state index is -0.316. The van der Waals surface area contributed by atoms with Crippen LogP contribution in [0.2, 0.25) is 0 Å². The predicted octanol–water partition coefficient (Wildman–Crippen LogP) is 2.36. The third-order valence-electron chi connectivity index (χ3n) is 3.76. The maximum absolute atomic E-state index is 12.2. The fourth-order valence-electron chi connectivity index (χ4n) is 2.56. The van der Waals surface area contributed by atoms with Gasteiger partial charge in [0.2, 0.25) is 0 Å². The van der Waals surface area contributed by atoms with E-state index >= 15 is 0 Å². The van der Waals surface area contributed by atoms with Crippen LogP contribution in [0.5, 0.6) is 0 Å². The molecule has 0 aliphatic rings. The van der Waals surface area contributed by atoms with Gasteiger partial charge in [0.25, 0.3) is 11.5 Å². The number of rotatable bonds is 3. The Balaban J connectivity index is 1.75. The van der Waals surface area contributed by atoms with Crippen LogP contribution >= 0.6 is 0 Å². The molecule has 0 radical (unpaired) electrons. The Morgan fingerprint density at radius 1 is 1.08 bits per heavy atom. The monoisotopic (exact) mass is 331 g/mol. The Morgan fingerprint density at radius 2 is 1.92 bits per heavy atom. The quantitative estimate of drug-likeness (QED) is 0.603. The highest BCUT2D eigenvalue weighted by Gasteiger charge is 2.12. The van der Waals surface area contributed by atoms with E-state index in [1.165, 1.54) is 12.4 Å². The van der Waals surface area contributed by atoms with E-state index in [1.54, 1.807) is 29.1 Å². The first-order valence-corrected chi connectivity index (χ1v) is 7.60. The molecule has 7 nitrogen and oxygen atoms in total. The Bertz CT molecular complexity index is 1100. The smallest absolute Gasteiger partial charge is 0.273 e. The van der Waals surface area contributed by atoms with Crippen molar-refractivity contribution in [3.05, 3.63) is 83.0 Å². The van der Waals surface area contributed by atoms with Gasteiger partial charge in [-0.15, -0.1) is 0 Å². The number of para-hydroxylation sites is 1. The molecule has 4 aromatic rings. The lowest BCUT2D eigenvalue weighted by Crippen LogP contribution is -2.13. The topological polar surface area (TPSA) is 92.7 Å². The number of benzene rings is 1. The van der Waals surface area contributed by atoms with Crippen molar-refractivity contribution < 1.29 is 4.79 Å². The molecule has 3 heterocycles. The molecule has 0 aliphatic heterocycles. The van der Waals surface area contributed by atoms with Gasteiger partial charge in [-0.3, -0.25) is 24.4 Å². The number of anilines is 1. The molecule has 122 valence electrons. The van der Waals surface area contributed by atoms with Crippen molar-refractivity contribution in [1.82, 2.24) is 19.7 Å². The predicted molar refractivity (Wildman–Crippen MR) is 93.9 cm³/mol. The second-order valence-corrected chi connectivity index (χ2v) is 5.39. The molecule has 4 rings (SSSR count). The van der Waals surface area contributed by atoms with E-state index in [2.05, 4.69) is 20.4 Å². The minimum Gasteiger partial charge on any atom is -0.306 e. The minimum absolute atomic E-state index is 0.239. The summed E-state index contributed by atoms with van der Waals surface area (Å²) in [7, 11) is 0. The summed E-state index contributed by atoms with van der Waals surface area (Å²) in [4.78, 5) is 32.4. The van der Waals surface area contributed by atoms with E-state index in [4.69, 9.17) is 0 Å². The largest absolute Gasteiger partial charge is 0.306 e. The zero-order valence-corrected chi connectivity index (χ0v) is 13.0. The molecule has 1 aromatic carbocycles. The van der Waals surface area contributed by atoms with Crippen molar-refractivity contribution in [2.75, 3.05) is 5.32 Å². The maximum atomic E-state index is 12.2. The number of nitrogens with zero attached hydrogens (tertiary/aromatic N) is 3. The molecule has 0 fully saturated rings. The number of amides is 1. The summed E-state index contributed by atoms with van der Waals surface area (Å²) < 4.78 is 1.67. The first kappa shape index (κ1) is 14.8. The summed E-state index contributed by atoms with van der Waals surface area (Å²) in [5, 5.41) is 5.95. The zero-order chi connectivity index (χ0) is 17.2. The van der Waals surface area contributed by atoms with E-state index in [-0.39, 0.29) is 11.5 Å². The van der Waals surface area contributed by atoms with Gasteiger partial charge in [0.15, 0.2) is 0 Å². The molecule has 3 aromatic heterocycles. The van der Waals surface area contributed by atoms with Crippen LogP contribution in [-0.2, 0) is 0 Å². The molecule has 2 N–H and O–H groups in total. The highest BCUT2D eigenvalue weighted by Crippen LogP contribution is 2.18.